The van der Waals surface area contributed by atoms with E-state index in [1.165, 1.54) is 0 Å². The third-order valence-electron chi connectivity index (χ3n) is 3.08. The Morgan fingerprint density at radius 2 is 2.15 bits per heavy atom. The highest BCUT2D eigenvalue weighted by Crippen LogP contribution is 2.25. The van der Waals surface area contributed by atoms with E-state index in [9.17, 15) is 4.21 Å². The topological polar surface area (TPSA) is 60.9 Å². The Morgan fingerprint density at radius 3 is 2.75 bits per heavy atom. The minimum atomic E-state index is -1.13. The van der Waals surface area contributed by atoms with E-state index in [-0.39, 0.29) is 0 Å². The van der Waals surface area contributed by atoms with Crippen LogP contribution in [0.4, 0.5) is 5.69 Å². The molecule has 6 heteroatoms. The zero-order chi connectivity index (χ0) is 14.7. The van der Waals surface area contributed by atoms with Gasteiger partial charge in [-0.2, -0.15) is 5.10 Å². The molecule has 0 radical (unpaired) electrons. The highest BCUT2D eigenvalue weighted by Gasteiger charge is 2.17. The second-order valence-corrected chi connectivity index (χ2v) is 6.68. The first-order valence-electron chi connectivity index (χ1n) is 6.54. The zero-order valence-electron chi connectivity index (χ0n) is 11.6. The standard InChI is InChI=1S/C14H18BrN3OS/c1-3-12-14(15)13(18(4-2)17-12)9-20(19)11-7-5-6-10(16)8-11/h5-8H,3-4,9,16H2,1-2H3. The number of rotatable bonds is 5. The molecule has 108 valence electrons. The lowest BCUT2D eigenvalue weighted by molar-refractivity contribution is 0.623. The molecular formula is C14H18BrN3OS. The van der Waals surface area contributed by atoms with Crippen molar-refractivity contribution in [1.29, 1.82) is 0 Å². The summed E-state index contributed by atoms with van der Waals surface area (Å²) in [6.45, 7) is 4.86. The van der Waals surface area contributed by atoms with Crippen molar-refractivity contribution < 1.29 is 4.21 Å². The molecule has 1 unspecified atom stereocenters. The molecule has 0 saturated heterocycles. The van der Waals surface area contributed by atoms with Crippen molar-refractivity contribution in [3.63, 3.8) is 0 Å². The summed E-state index contributed by atoms with van der Waals surface area (Å²) in [5.74, 6) is 0.435. The highest BCUT2D eigenvalue weighted by atomic mass is 79.9. The molecule has 0 aliphatic heterocycles. The highest BCUT2D eigenvalue weighted by molar-refractivity contribution is 9.10. The van der Waals surface area contributed by atoms with Gasteiger partial charge in [-0.05, 0) is 47.5 Å². The summed E-state index contributed by atoms with van der Waals surface area (Å²) in [5.41, 5.74) is 8.36. The van der Waals surface area contributed by atoms with Crippen LogP contribution in [0.15, 0.2) is 33.6 Å². The first-order chi connectivity index (χ1) is 9.56. The number of hydrogen-bond donors (Lipinski definition) is 1. The average molecular weight is 356 g/mol. The van der Waals surface area contributed by atoms with Crippen LogP contribution in [0, 0.1) is 0 Å². The SMILES string of the molecule is CCc1nn(CC)c(CS(=O)c2cccc(N)c2)c1Br. The summed E-state index contributed by atoms with van der Waals surface area (Å²) in [6, 6.07) is 7.22. The molecule has 1 atom stereocenters. The van der Waals surface area contributed by atoms with E-state index in [1.807, 2.05) is 23.7 Å². The molecule has 1 heterocycles. The van der Waals surface area contributed by atoms with Gasteiger partial charge >= 0.3 is 0 Å². The van der Waals surface area contributed by atoms with Gasteiger partial charge in [0, 0.05) is 17.1 Å². The minimum Gasteiger partial charge on any atom is -0.399 e. The minimum absolute atomic E-state index is 0.435. The Labute approximate surface area is 130 Å². The van der Waals surface area contributed by atoms with Gasteiger partial charge < -0.3 is 5.73 Å². The molecule has 2 N–H and O–H groups in total. The second kappa shape index (κ2) is 6.54. The van der Waals surface area contributed by atoms with E-state index in [2.05, 4.69) is 28.0 Å². The zero-order valence-corrected chi connectivity index (χ0v) is 14.0. The lowest BCUT2D eigenvalue weighted by Crippen LogP contribution is -2.06. The molecule has 0 amide bonds. The predicted molar refractivity (Wildman–Crippen MR) is 85.9 cm³/mol. The van der Waals surface area contributed by atoms with Gasteiger partial charge in [0.25, 0.3) is 0 Å². The molecular weight excluding hydrogens is 338 g/mol. The van der Waals surface area contributed by atoms with Crippen LogP contribution in [0.25, 0.3) is 0 Å². The van der Waals surface area contributed by atoms with E-state index >= 15 is 0 Å². The molecule has 0 aliphatic carbocycles. The van der Waals surface area contributed by atoms with Crippen molar-refractivity contribution in [2.45, 2.75) is 37.5 Å². The maximum atomic E-state index is 12.5. The Balaban J connectivity index is 2.30. The van der Waals surface area contributed by atoms with E-state index in [0.29, 0.717) is 11.4 Å². The smallest absolute Gasteiger partial charge is 0.0767 e. The summed E-state index contributed by atoms with van der Waals surface area (Å²) in [6.07, 6.45) is 0.853. The molecule has 0 spiro atoms. The predicted octanol–water partition coefficient (Wildman–Crippen LogP) is 3.12. The normalized spacial score (nSPS) is 12.6. The third-order valence-corrected chi connectivity index (χ3v) is 5.31. The molecule has 20 heavy (non-hydrogen) atoms. The summed E-state index contributed by atoms with van der Waals surface area (Å²) >= 11 is 3.58. The number of nitrogens with two attached hydrogens (primary N) is 1. The summed E-state index contributed by atoms with van der Waals surface area (Å²) in [4.78, 5) is 0.749. The maximum Gasteiger partial charge on any atom is 0.0767 e. The number of hydrogen-bond acceptors (Lipinski definition) is 3. The van der Waals surface area contributed by atoms with Crippen LogP contribution in [-0.4, -0.2) is 14.0 Å². The Morgan fingerprint density at radius 1 is 1.40 bits per heavy atom. The van der Waals surface area contributed by atoms with Gasteiger partial charge in [-0.15, -0.1) is 0 Å². The fraction of sp³-hybridized carbons (Fsp3) is 0.357. The number of nitrogens with zero attached hydrogens (tertiary/aromatic N) is 2. The molecule has 1 aromatic heterocycles. The molecule has 2 rings (SSSR count). The van der Waals surface area contributed by atoms with Crippen LogP contribution in [0.5, 0.6) is 0 Å². The Bertz CT molecular complexity index is 639. The van der Waals surface area contributed by atoms with Gasteiger partial charge in [0.05, 0.1) is 32.4 Å². The van der Waals surface area contributed by atoms with Crippen molar-refractivity contribution in [2.75, 3.05) is 5.73 Å². The lowest BCUT2D eigenvalue weighted by Gasteiger charge is -2.06. The first kappa shape index (κ1) is 15.3. The first-order valence-corrected chi connectivity index (χ1v) is 8.66. The number of aryl methyl sites for hydroxylation is 2. The van der Waals surface area contributed by atoms with Crippen molar-refractivity contribution in [2.24, 2.45) is 0 Å². The van der Waals surface area contributed by atoms with Crippen LogP contribution >= 0.6 is 15.9 Å². The monoisotopic (exact) mass is 355 g/mol. The van der Waals surface area contributed by atoms with Gasteiger partial charge in [-0.3, -0.25) is 8.89 Å². The molecule has 0 fully saturated rings. The average Bonchev–Trinajstić information content (AvgIpc) is 2.75. The van der Waals surface area contributed by atoms with E-state index in [4.69, 9.17) is 5.73 Å². The van der Waals surface area contributed by atoms with Crippen LogP contribution < -0.4 is 5.73 Å². The van der Waals surface area contributed by atoms with Crippen molar-refractivity contribution in [3.8, 4) is 0 Å². The third kappa shape index (κ3) is 3.12. The maximum absolute atomic E-state index is 12.5. The van der Waals surface area contributed by atoms with Gasteiger partial charge in [0.15, 0.2) is 0 Å². The molecule has 0 aliphatic rings. The van der Waals surface area contributed by atoms with Gasteiger partial charge in [0.1, 0.15) is 0 Å². The molecule has 0 saturated carbocycles. The number of benzene rings is 1. The van der Waals surface area contributed by atoms with Gasteiger partial charge in [-0.25, -0.2) is 0 Å². The second-order valence-electron chi connectivity index (χ2n) is 4.44. The summed E-state index contributed by atoms with van der Waals surface area (Å²) < 4.78 is 15.4. The molecule has 4 nitrogen and oxygen atoms in total. The molecule has 0 bridgehead atoms. The quantitative estimate of drug-likeness (QED) is 0.838. The van der Waals surface area contributed by atoms with Gasteiger partial charge in [0.2, 0.25) is 0 Å². The number of halogens is 1. The fourth-order valence-corrected chi connectivity index (χ4v) is 4.12. The van der Waals surface area contributed by atoms with Crippen LogP contribution in [0.2, 0.25) is 0 Å². The Kier molecular flexibility index (Phi) is 4.99. The summed E-state index contributed by atoms with van der Waals surface area (Å²) in [5, 5.41) is 4.52. The van der Waals surface area contributed by atoms with Crippen LogP contribution in [-0.2, 0) is 29.5 Å². The molecule has 1 aromatic carbocycles. The largest absolute Gasteiger partial charge is 0.399 e. The van der Waals surface area contributed by atoms with Crippen LogP contribution in [0.3, 0.4) is 0 Å². The van der Waals surface area contributed by atoms with E-state index < -0.39 is 10.8 Å². The number of anilines is 1. The number of nitrogen functional groups attached to an aromatic ring is 1. The van der Waals surface area contributed by atoms with E-state index in [0.717, 1.165) is 33.7 Å². The number of aromatic nitrogens is 2. The summed E-state index contributed by atoms with van der Waals surface area (Å²) in [7, 11) is -1.13. The lowest BCUT2D eigenvalue weighted by atomic mass is 10.3. The van der Waals surface area contributed by atoms with Crippen molar-refractivity contribution >= 4 is 32.4 Å². The van der Waals surface area contributed by atoms with Crippen LogP contribution in [0.1, 0.15) is 25.2 Å². The van der Waals surface area contributed by atoms with E-state index in [1.54, 1.807) is 12.1 Å². The fourth-order valence-electron chi connectivity index (χ4n) is 2.02. The Hall–Kier alpha value is -1.14. The molecule has 2 aromatic rings. The van der Waals surface area contributed by atoms with Crippen molar-refractivity contribution in [3.05, 3.63) is 40.1 Å². The van der Waals surface area contributed by atoms with Gasteiger partial charge in [-0.1, -0.05) is 13.0 Å². The van der Waals surface area contributed by atoms with Crippen molar-refractivity contribution in [1.82, 2.24) is 9.78 Å².